The monoisotopic (exact) mass is 497 g/mol. The highest BCUT2D eigenvalue weighted by Crippen LogP contribution is 2.32. The van der Waals surface area contributed by atoms with E-state index in [1.165, 1.54) is 6.07 Å². The molecule has 3 N–H and O–H groups in total. The SMILES string of the molecule is Cc1ccccc1-c1nc(C(=O)NCc2ccc(F)cc2C(F)c2cccc(F)c2F)c(O)c(=O)[nH]1. The third kappa shape index (κ3) is 4.83. The normalized spacial score (nSPS) is 11.8. The minimum atomic E-state index is -2.23. The Kier molecular flexibility index (Phi) is 6.86. The average Bonchev–Trinajstić information content (AvgIpc) is 2.86. The summed E-state index contributed by atoms with van der Waals surface area (Å²) in [4.78, 5) is 31.5. The zero-order valence-corrected chi connectivity index (χ0v) is 18.8. The number of carbonyl (C=O) groups excluding carboxylic acids is 1. The summed E-state index contributed by atoms with van der Waals surface area (Å²) in [6.45, 7) is 1.38. The molecule has 1 heterocycles. The van der Waals surface area contributed by atoms with Crippen molar-refractivity contribution >= 4 is 5.91 Å². The molecule has 1 unspecified atom stereocenters. The molecule has 1 atom stereocenters. The third-order valence-electron chi connectivity index (χ3n) is 5.59. The van der Waals surface area contributed by atoms with Crippen molar-refractivity contribution in [3.63, 3.8) is 0 Å². The van der Waals surface area contributed by atoms with Crippen LogP contribution in [0.25, 0.3) is 11.4 Å². The lowest BCUT2D eigenvalue weighted by molar-refractivity contribution is 0.0942. The van der Waals surface area contributed by atoms with Gasteiger partial charge in [-0.15, -0.1) is 0 Å². The largest absolute Gasteiger partial charge is 0.501 e. The number of nitrogens with zero attached hydrogens (tertiary/aromatic N) is 1. The number of halogens is 4. The standard InChI is InChI=1S/C26H19F4N3O3/c1-13-5-2-3-6-16(13)24-32-22(23(34)26(36)33-24)25(35)31-12-14-9-10-15(27)11-18(14)20(29)17-7-4-8-19(28)21(17)30/h2-11,20,34H,12H2,1H3,(H,31,35)(H,32,33,36). The Morgan fingerprint density at radius 3 is 2.56 bits per heavy atom. The van der Waals surface area contributed by atoms with E-state index in [-0.39, 0.29) is 23.5 Å². The number of aryl methyl sites for hydroxylation is 1. The number of aromatic hydroxyl groups is 1. The van der Waals surface area contributed by atoms with Crippen LogP contribution in [0.5, 0.6) is 5.75 Å². The van der Waals surface area contributed by atoms with E-state index in [9.17, 15) is 27.9 Å². The van der Waals surface area contributed by atoms with Crippen molar-refractivity contribution in [2.75, 3.05) is 0 Å². The quantitative estimate of drug-likeness (QED) is 0.332. The lowest BCUT2D eigenvalue weighted by Crippen LogP contribution is -2.27. The van der Waals surface area contributed by atoms with Gasteiger partial charge in [0.15, 0.2) is 23.5 Å². The number of hydrogen-bond donors (Lipinski definition) is 3. The summed E-state index contributed by atoms with van der Waals surface area (Å²) in [6, 6.07) is 12.9. The van der Waals surface area contributed by atoms with Gasteiger partial charge in [-0.25, -0.2) is 22.5 Å². The van der Waals surface area contributed by atoms with Gasteiger partial charge in [0.05, 0.1) is 0 Å². The lowest BCUT2D eigenvalue weighted by Gasteiger charge is -2.16. The van der Waals surface area contributed by atoms with Crippen LogP contribution < -0.4 is 10.9 Å². The van der Waals surface area contributed by atoms with Crippen molar-refractivity contribution in [3.05, 3.63) is 116 Å². The van der Waals surface area contributed by atoms with Crippen LogP contribution in [0.4, 0.5) is 17.6 Å². The van der Waals surface area contributed by atoms with Crippen LogP contribution in [-0.2, 0) is 6.54 Å². The number of aromatic amines is 1. The van der Waals surface area contributed by atoms with E-state index in [0.29, 0.717) is 5.56 Å². The van der Waals surface area contributed by atoms with Gasteiger partial charge in [0.2, 0.25) is 5.75 Å². The Balaban J connectivity index is 1.64. The predicted molar refractivity (Wildman–Crippen MR) is 124 cm³/mol. The molecule has 184 valence electrons. The van der Waals surface area contributed by atoms with Crippen molar-refractivity contribution < 1.29 is 27.5 Å². The van der Waals surface area contributed by atoms with Gasteiger partial charge in [-0.2, -0.15) is 0 Å². The first-order valence-corrected chi connectivity index (χ1v) is 10.7. The highest BCUT2D eigenvalue weighted by atomic mass is 19.2. The number of amides is 1. The topological polar surface area (TPSA) is 95.1 Å². The van der Waals surface area contributed by atoms with Crippen molar-refractivity contribution in [1.29, 1.82) is 0 Å². The summed E-state index contributed by atoms with van der Waals surface area (Å²) < 4.78 is 56.8. The number of alkyl halides is 1. The van der Waals surface area contributed by atoms with Crippen LogP contribution >= 0.6 is 0 Å². The molecule has 10 heteroatoms. The number of rotatable bonds is 6. The summed E-state index contributed by atoms with van der Waals surface area (Å²) in [5, 5.41) is 12.5. The molecular weight excluding hydrogens is 478 g/mol. The fraction of sp³-hybridized carbons (Fsp3) is 0.115. The average molecular weight is 497 g/mol. The van der Waals surface area contributed by atoms with E-state index in [1.54, 1.807) is 31.2 Å². The van der Waals surface area contributed by atoms with Crippen molar-refractivity contribution in [3.8, 4) is 17.1 Å². The minimum absolute atomic E-state index is 0.0499. The maximum absolute atomic E-state index is 15.2. The summed E-state index contributed by atoms with van der Waals surface area (Å²) in [6.07, 6.45) is -2.23. The molecule has 1 aromatic heterocycles. The third-order valence-corrected chi connectivity index (χ3v) is 5.59. The molecule has 0 saturated heterocycles. The second-order valence-corrected chi connectivity index (χ2v) is 7.96. The highest BCUT2D eigenvalue weighted by molar-refractivity contribution is 5.95. The zero-order valence-electron chi connectivity index (χ0n) is 18.8. The minimum Gasteiger partial charge on any atom is -0.501 e. The predicted octanol–water partition coefficient (Wildman–Crippen LogP) is 4.86. The molecule has 0 saturated carbocycles. The molecule has 36 heavy (non-hydrogen) atoms. The molecular formula is C26H19F4N3O3. The molecule has 6 nitrogen and oxygen atoms in total. The summed E-state index contributed by atoms with van der Waals surface area (Å²) in [7, 11) is 0. The maximum atomic E-state index is 15.2. The van der Waals surface area contributed by atoms with Crippen LogP contribution in [-0.4, -0.2) is 21.0 Å². The number of benzene rings is 3. The second-order valence-electron chi connectivity index (χ2n) is 7.96. The number of hydrogen-bond acceptors (Lipinski definition) is 4. The van der Waals surface area contributed by atoms with Crippen LogP contribution in [0.15, 0.2) is 65.5 Å². The fourth-order valence-corrected chi connectivity index (χ4v) is 3.70. The molecule has 0 aliphatic carbocycles. The van der Waals surface area contributed by atoms with Gasteiger partial charge >= 0.3 is 0 Å². The van der Waals surface area contributed by atoms with Crippen molar-refractivity contribution in [2.24, 2.45) is 0 Å². The van der Waals surface area contributed by atoms with Gasteiger partial charge in [-0.05, 0) is 41.8 Å². The zero-order chi connectivity index (χ0) is 26.0. The van der Waals surface area contributed by atoms with Crippen molar-refractivity contribution in [1.82, 2.24) is 15.3 Å². The molecule has 0 fully saturated rings. The first-order valence-electron chi connectivity index (χ1n) is 10.7. The summed E-state index contributed by atoms with van der Waals surface area (Å²) in [5.41, 5.74) is -1.14. The molecule has 0 aliphatic heterocycles. The number of aromatic nitrogens is 2. The number of H-pyrrole nitrogens is 1. The lowest BCUT2D eigenvalue weighted by atomic mass is 9.97. The van der Waals surface area contributed by atoms with Gasteiger partial charge in [0.1, 0.15) is 11.6 Å². The molecule has 1 amide bonds. The molecule has 4 aromatic rings. The van der Waals surface area contributed by atoms with E-state index < -0.39 is 52.1 Å². The Hall–Kier alpha value is -4.47. The summed E-state index contributed by atoms with van der Waals surface area (Å²) >= 11 is 0. The van der Waals surface area contributed by atoms with Gasteiger partial charge in [-0.3, -0.25) is 9.59 Å². The molecule has 4 rings (SSSR count). The molecule has 3 aromatic carbocycles. The smallest absolute Gasteiger partial charge is 0.294 e. The van der Waals surface area contributed by atoms with Crippen LogP contribution in [0, 0.1) is 24.4 Å². The number of nitrogens with one attached hydrogen (secondary N) is 2. The van der Waals surface area contributed by atoms with Gasteiger partial charge in [0, 0.05) is 17.7 Å². The van der Waals surface area contributed by atoms with Gasteiger partial charge in [-0.1, -0.05) is 42.5 Å². The van der Waals surface area contributed by atoms with Crippen LogP contribution in [0.3, 0.4) is 0 Å². The van der Waals surface area contributed by atoms with Crippen LogP contribution in [0.1, 0.15) is 38.9 Å². The molecule has 0 bridgehead atoms. The van der Waals surface area contributed by atoms with E-state index in [1.807, 2.05) is 0 Å². The van der Waals surface area contributed by atoms with Gasteiger partial charge in [0.25, 0.3) is 11.5 Å². The van der Waals surface area contributed by atoms with E-state index in [0.717, 1.165) is 35.9 Å². The first kappa shape index (κ1) is 24.6. The van der Waals surface area contributed by atoms with Crippen molar-refractivity contribution in [2.45, 2.75) is 19.6 Å². The highest BCUT2D eigenvalue weighted by Gasteiger charge is 2.24. The Labute approximate surface area is 202 Å². The maximum Gasteiger partial charge on any atom is 0.294 e. The Morgan fingerprint density at radius 2 is 1.81 bits per heavy atom. The Bertz CT molecular complexity index is 1520. The molecule has 0 radical (unpaired) electrons. The first-order chi connectivity index (χ1) is 17.2. The summed E-state index contributed by atoms with van der Waals surface area (Å²) in [5.74, 6) is -5.33. The van der Waals surface area contributed by atoms with Crippen LogP contribution in [0.2, 0.25) is 0 Å². The second kappa shape index (κ2) is 10.0. The number of carbonyl (C=O) groups is 1. The molecule has 0 spiro atoms. The molecule has 0 aliphatic rings. The fourth-order valence-electron chi connectivity index (χ4n) is 3.70. The van der Waals surface area contributed by atoms with Gasteiger partial charge < -0.3 is 15.4 Å². The Morgan fingerprint density at radius 1 is 1.06 bits per heavy atom. The van der Waals surface area contributed by atoms with E-state index in [4.69, 9.17) is 0 Å². The van der Waals surface area contributed by atoms with E-state index in [2.05, 4.69) is 15.3 Å². The van der Waals surface area contributed by atoms with E-state index >= 15 is 4.39 Å².